The van der Waals surface area contributed by atoms with E-state index in [1.807, 2.05) is 0 Å². The highest BCUT2D eigenvalue weighted by Crippen LogP contribution is 2.16. The molecule has 20 heavy (non-hydrogen) atoms. The number of alkyl halides is 3. The molecule has 0 heterocycles. The molecule has 0 aliphatic carbocycles. The number of benzene rings is 1. The van der Waals surface area contributed by atoms with Crippen molar-refractivity contribution in [3.8, 4) is 0 Å². The summed E-state index contributed by atoms with van der Waals surface area (Å²) < 4.78 is 42.0. The Bertz CT molecular complexity index is 488. The molecule has 0 fully saturated rings. The normalized spacial score (nSPS) is 12.7. The number of halogens is 4. The number of rotatable bonds is 4. The Labute approximate surface area is 126 Å². The molecule has 1 N–H and O–H groups in total. The second-order valence-electron chi connectivity index (χ2n) is 3.88. The minimum Gasteiger partial charge on any atom is -0.467 e. The van der Waals surface area contributed by atoms with Crippen molar-refractivity contribution in [2.75, 3.05) is 7.11 Å². The summed E-state index contributed by atoms with van der Waals surface area (Å²) in [6, 6.07) is 5.44. The Hall–Kier alpha value is -1.32. The third-order valence-electron chi connectivity index (χ3n) is 2.40. The van der Waals surface area contributed by atoms with Gasteiger partial charge in [-0.25, -0.2) is 4.79 Å². The van der Waals surface area contributed by atoms with Crippen LogP contribution in [0.1, 0.15) is 5.56 Å². The number of methoxy groups -OCH3 is 1. The van der Waals surface area contributed by atoms with Crippen LogP contribution in [0.3, 0.4) is 0 Å². The van der Waals surface area contributed by atoms with Gasteiger partial charge in [0, 0.05) is 9.99 Å². The van der Waals surface area contributed by atoms with Gasteiger partial charge in [0.1, 0.15) is 6.04 Å². The fourth-order valence-electron chi connectivity index (χ4n) is 1.43. The maximum absolute atomic E-state index is 12.2. The fraction of sp³-hybridized carbons (Fsp3) is 0.333. The fourth-order valence-corrected chi connectivity index (χ4v) is 1.79. The summed E-state index contributed by atoms with van der Waals surface area (Å²) in [5.74, 6) is -3.10. The molecule has 0 bridgehead atoms. The average molecular weight is 401 g/mol. The van der Waals surface area contributed by atoms with Gasteiger partial charge in [-0.1, -0.05) is 12.1 Å². The van der Waals surface area contributed by atoms with Crippen LogP contribution in [0.25, 0.3) is 0 Å². The van der Waals surface area contributed by atoms with Gasteiger partial charge in [-0.2, -0.15) is 13.2 Å². The van der Waals surface area contributed by atoms with Gasteiger partial charge in [-0.05, 0) is 40.3 Å². The molecule has 0 aliphatic rings. The number of amides is 1. The number of carbonyl (C=O) groups is 2. The molecule has 1 atom stereocenters. The molecule has 4 nitrogen and oxygen atoms in total. The summed E-state index contributed by atoms with van der Waals surface area (Å²) in [4.78, 5) is 22.3. The topological polar surface area (TPSA) is 55.4 Å². The summed E-state index contributed by atoms with van der Waals surface area (Å²) in [5.41, 5.74) is 0.614. The predicted octanol–water partition coefficient (Wildman–Crippen LogP) is 2.05. The van der Waals surface area contributed by atoms with E-state index in [2.05, 4.69) is 27.3 Å². The van der Waals surface area contributed by atoms with Gasteiger partial charge in [-0.3, -0.25) is 4.79 Å². The zero-order valence-corrected chi connectivity index (χ0v) is 12.5. The van der Waals surface area contributed by atoms with Crippen molar-refractivity contribution in [1.82, 2.24) is 5.32 Å². The Morgan fingerprint density at radius 2 is 1.85 bits per heavy atom. The molecule has 0 unspecified atom stereocenters. The summed E-state index contributed by atoms with van der Waals surface area (Å²) in [5, 5.41) is 1.63. The van der Waals surface area contributed by atoms with E-state index in [9.17, 15) is 22.8 Å². The van der Waals surface area contributed by atoms with Crippen molar-refractivity contribution in [2.45, 2.75) is 18.6 Å². The Morgan fingerprint density at radius 3 is 2.30 bits per heavy atom. The van der Waals surface area contributed by atoms with Gasteiger partial charge in [0.15, 0.2) is 0 Å². The average Bonchev–Trinajstić information content (AvgIpc) is 2.38. The minimum atomic E-state index is -5.04. The molecular weight excluding hydrogens is 390 g/mol. The highest BCUT2D eigenvalue weighted by Gasteiger charge is 2.41. The number of ether oxygens (including phenoxy) is 1. The second kappa shape index (κ2) is 6.91. The SMILES string of the molecule is COC(=O)[C@@H](Cc1ccc(I)cc1)NC(=O)C(F)(F)F. The summed E-state index contributed by atoms with van der Waals surface area (Å²) >= 11 is 2.07. The van der Waals surface area contributed by atoms with E-state index >= 15 is 0 Å². The number of nitrogens with one attached hydrogen (secondary N) is 1. The van der Waals surface area contributed by atoms with Crippen molar-refractivity contribution in [3.63, 3.8) is 0 Å². The molecular formula is C12H11F3INO3. The van der Waals surface area contributed by atoms with Crippen LogP contribution in [-0.4, -0.2) is 31.2 Å². The van der Waals surface area contributed by atoms with Crippen LogP contribution < -0.4 is 5.32 Å². The lowest BCUT2D eigenvalue weighted by Crippen LogP contribution is -2.48. The molecule has 0 saturated heterocycles. The largest absolute Gasteiger partial charge is 0.471 e. The van der Waals surface area contributed by atoms with Crippen molar-refractivity contribution in [1.29, 1.82) is 0 Å². The first-order valence-electron chi connectivity index (χ1n) is 5.44. The summed E-state index contributed by atoms with van der Waals surface area (Å²) in [6.45, 7) is 0. The van der Waals surface area contributed by atoms with Crippen molar-refractivity contribution >= 4 is 34.5 Å². The first-order valence-corrected chi connectivity index (χ1v) is 6.52. The predicted molar refractivity (Wildman–Crippen MR) is 72.9 cm³/mol. The molecule has 110 valence electrons. The number of esters is 1. The van der Waals surface area contributed by atoms with Crippen LogP contribution in [0.5, 0.6) is 0 Å². The van der Waals surface area contributed by atoms with Gasteiger partial charge in [0.05, 0.1) is 7.11 Å². The number of carbonyl (C=O) groups excluding carboxylic acids is 2. The van der Waals surface area contributed by atoms with Crippen molar-refractivity contribution < 1.29 is 27.5 Å². The maximum atomic E-state index is 12.2. The first kappa shape index (κ1) is 16.7. The Morgan fingerprint density at radius 1 is 1.30 bits per heavy atom. The Balaban J connectivity index is 2.82. The van der Waals surface area contributed by atoms with Crippen LogP contribution in [0, 0.1) is 3.57 Å². The van der Waals surface area contributed by atoms with Crippen molar-refractivity contribution in [2.24, 2.45) is 0 Å². The zero-order chi connectivity index (χ0) is 15.3. The van der Waals surface area contributed by atoms with Gasteiger partial charge in [0.25, 0.3) is 0 Å². The van der Waals surface area contributed by atoms with Crippen LogP contribution in [0.4, 0.5) is 13.2 Å². The van der Waals surface area contributed by atoms with Gasteiger partial charge in [-0.15, -0.1) is 0 Å². The monoisotopic (exact) mass is 401 g/mol. The van der Waals surface area contributed by atoms with E-state index in [1.165, 1.54) is 0 Å². The van der Waals surface area contributed by atoms with Gasteiger partial charge >= 0.3 is 18.1 Å². The lowest BCUT2D eigenvalue weighted by atomic mass is 10.1. The van der Waals surface area contributed by atoms with E-state index in [4.69, 9.17) is 0 Å². The van der Waals surface area contributed by atoms with Gasteiger partial charge < -0.3 is 10.1 Å². The number of hydrogen-bond acceptors (Lipinski definition) is 3. The third kappa shape index (κ3) is 4.99. The molecule has 0 radical (unpaired) electrons. The summed E-state index contributed by atoms with van der Waals surface area (Å²) in [7, 11) is 1.04. The van der Waals surface area contributed by atoms with E-state index in [1.54, 1.807) is 29.6 Å². The molecule has 0 saturated carbocycles. The second-order valence-corrected chi connectivity index (χ2v) is 5.12. The van der Waals surface area contributed by atoms with E-state index < -0.39 is 24.1 Å². The quantitative estimate of drug-likeness (QED) is 0.621. The van der Waals surface area contributed by atoms with E-state index in [0.717, 1.165) is 10.7 Å². The Kier molecular flexibility index (Phi) is 5.78. The first-order chi connectivity index (χ1) is 9.24. The standard InChI is InChI=1S/C12H11F3INO3/c1-20-10(18)9(17-11(19)12(13,14)15)6-7-2-4-8(16)5-3-7/h2-5,9H,6H2,1H3,(H,17,19)/t9-/m1/s1. The molecule has 0 aromatic heterocycles. The van der Waals surface area contributed by atoms with Crippen molar-refractivity contribution in [3.05, 3.63) is 33.4 Å². The van der Waals surface area contributed by atoms with Crippen LogP contribution in [-0.2, 0) is 20.7 Å². The van der Waals surface area contributed by atoms with Gasteiger partial charge in [0.2, 0.25) is 0 Å². The zero-order valence-electron chi connectivity index (χ0n) is 10.3. The van der Waals surface area contributed by atoms with Crippen LogP contribution in [0.15, 0.2) is 24.3 Å². The molecule has 1 amide bonds. The number of hydrogen-bond donors (Lipinski definition) is 1. The molecule has 0 aliphatic heterocycles. The highest BCUT2D eigenvalue weighted by molar-refractivity contribution is 14.1. The minimum absolute atomic E-state index is 0.0780. The molecule has 0 spiro atoms. The van der Waals surface area contributed by atoms with Crippen LogP contribution >= 0.6 is 22.6 Å². The van der Waals surface area contributed by atoms with Crippen LogP contribution in [0.2, 0.25) is 0 Å². The third-order valence-corrected chi connectivity index (χ3v) is 3.12. The molecule has 1 aromatic carbocycles. The highest BCUT2D eigenvalue weighted by atomic mass is 127. The smallest absolute Gasteiger partial charge is 0.467 e. The lowest BCUT2D eigenvalue weighted by molar-refractivity contribution is -0.175. The van der Waals surface area contributed by atoms with E-state index in [-0.39, 0.29) is 6.42 Å². The maximum Gasteiger partial charge on any atom is 0.471 e. The molecule has 8 heteroatoms. The lowest BCUT2D eigenvalue weighted by Gasteiger charge is -2.17. The van der Waals surface area contributed by atoms with E-state index in [0.29, 0.717) is 5.56 Å². The molecule has 1 rings (SSSR count). The molecule has 1 aromatic rings. The summed E-state index contributed by atoms with van der Waals surface area (Å²) in [6.07, 6.45) is -5.12.